The molecule has 1 nitrogen and oxygen atoms in total. The van der Waals surface area contributed by atoms with Gasteiger partial charge in [-0.2, -0.15) is 0 Å². The summed E-state index contributed by atoms with van der Waals surface area (Å²) in [6.07, 6.45) is 14.0. The average molecular weight is 367 g/mol. The summed E-state index contributed by atoms with van der Waals surface area (Å²) in [5.74, 6) is 0. The van der Waals surface area contributed by atoms with Gasteiger partial charge < -0.3 is 4.74 Å². The lowest BCUT2D eigenvalue weighted by Crippen LogP contribution is -1.95. The summed E-state index contributed by atoms with van der Waals surface area (Å²) in [5.41, 5.74) is 2.41. The van der Waals surface area contributed by atoms with E-state index < -0.39 is 0 Å². The van der Waals surface area contributed by atoms with Crippen LogP contribution in [-0.4, -0.2) is 11.9 Å². The summed E-state index contributed by atoms with van der Waals surface area (Å²) in [5, 5.41) is 1.16. The maximum atomic E-state index is 5.73. The highest BCUT2D eigenvalue weighted by atomic mass is 79.9. The predicted octanol–water partition coefficient (Wildman–Crippen LogP) is 6.75. The van der Waals surface area contributed by atoms with Crippen molar-refractivity contribution in [3.8, 4) is 0 Å². The molecule has 1 aromatic rings. The van der Waals surface area contributed by atoms with Crippen molar-refractivity contribution in [2.45, 2.75) is 64.4 Å². The Morgan fingerprint density at radius 3 is 1.91 bits per heavy atom. The van der Waals surface area contributed by atoms with Gasteiger partial charge in [-0.3, -0.25) is 0 Å². The van der Waals surface area contributed by atoms with Crippen molar-refractivity contribution in [3.63, 3.8) is 0 Å². The van der Waals surface area contributed by atoms with Crippen molar-refractivity contribution in [2.24, 2.45) is 0 Å². The number of rotatable bonds is 14. The average Bonchev–Trinajstić information content (AvgIpc) is 2.56. The lowest BCUT2D eigenvalue weighted by atomic mass is 10.1. The lowest BCUT2D eigenvalue weighted by molar-refractivity contribution is 0.116. The molecule has 0 fully saturated rings. The number of halogens is 1. The molecule has 0 radical (unpaired) electrons. The third kappa shape index (κ3) is 10.2. The minimum absolute atomic E-state index is 0.727. The highest BCUT2D eigenvalue weighted by molar-refractivity contribution is 9.09. The molecule has 0 aliphatic rings. The molecule has 22 heavy (non-hydrogen) atoms. The molecule has 0 heterocycles. The van der Waals surface area contributed by atoms with Gasteiger partial charge in [-0.1, -0.05) is 97.8 Å². The lowest BCUT2D eigenvalue weighted by Gasteiger charge is -2.05. The fraction of sp³-hybridized carbons (Fsp3) is 0.600. The maximum Gasteiger partial charge on any atom is 0.0716 e. The number of hydrogen-bond donors (Lipinski definition) is 0. The predicted molar refractivity (Wildman–Crippen MR) is 102 cm³/mol. The Labute approximate surface area is 145 Å². The second-order valence-corrected chi connectivity index (χ2v) is 6.66. The van der Waals surface area contributed by atoms with Gasteiger partial charge in [0.15, 0.2) is 0 Å². The first kappa shape index (κ1) is 19.4. The fourth-order valence-electron chi connectivity index (χ4n) is 2.48. The zero-order valence-corrected chi connectivity index (χ0v) is 15.5. The van der Waals surface area contributed by atoms with Crippen LogP contribution < -0.4 is 0 Å². The maximum absolute atomic E-state index is 5.73. The number of ether oxygens (including phenoxy) is 1. The van der Waals surface area contributed by atoms with Crippen LogP contribution in [0.3, 0.4) is 0 Å². The van der Waals surface area contributed by atoms with Crippen molar-refractivity contribution < 1.29 is 4.74 Å². The normalized spacial score (nSPS) is 10.8. The first-order valence-corrected chi connectivity index (χ1v) is 9.84. The molecule has 0 bridgehead atoms. The van der Waals surface area contributed by atoms with Crippen molar-refractivity contribution in [1.29, 1.82) is 0 Å². The molecule has 0 aliphatic heterocycles. The molecule has 0 saturated carbocycles. The first-order valence-electron chi connectivity index (χ1n) is 8.72. The Hall–Kier alpha value is -0.600. The summed E-state index contributed by atoms with van der Waals surface area (Å²) in [6.45, 7) is 5.37. The van der Waals surface area contributed by atoms with E-state index in [0.29, 0.717) is 0 Å². The van der Waals surface area contributed by atoms with E-state index in [0.717, 1.165) is 24.1 Å². The van der Waals surface area contributed by atoms with Gasteiger partial charge in [0.1, 0.15) is 0 Å². The quantitative estimate of drug-likeness (QED) is 0.261. The summed E-state index contributed by atoms with van der Waals surface area (Å²) in [4.78, 5) is 0. The van der Waals surface area contributed by atoms with Crippen LogP contribution in [0, 0.1) is 0 Å². The van der Waals surface area contributed by atoms with E-state index in [9.17, 15) is 0 Å². The third-order valence-corrected chi connectivity index (χ3v) is 4.47. The van der Waals surface area contributed by atoms with Crippen LogP contribution in [0.4, 0.5) is 0 Å². The molecule has 2 heteroatoms. The molecule has 1 aromatic carbocycles. The van der Waals surface area contributed by atoms with Gasteiger partial charge in [0.2, 0.25) is 0 Å². The van der Waals surface area contributed by atoms with Gasteiger partial charge in [-0.05, 0) is 24.0 Å². The van der Waals surface area contributed by atoms with E-state index in [2.05, 4.69) is 46.8 Å². The van der Waals surface area contributed by atoms with Crippen molar-refractivity contribution in [3.05, 3.63) is 42.0 Å². The topological polar surface area (TPSA) is 9.23 Å². The Morgan fingerprint density at radius 2 is 1.36 bits per heavy atom. The summed E-state index contributed by atoms with van der Waals surface area (Å²) >= 11 is 3.48. The molecule has 0 saturated heterocycles. The Kier molecular flexibility index (Phi) is 12.4. The summed E-state index contributed by atoms with van der Waals surface area (Å²) in [6, 6.07) is 8.41. The number of alkyl halides is 1. The number of unbranched alkanes of at least 4 members (excludes halogenated alkanes) is 8. The van der Waals surface area contributed by atoms with E-state index in [1.54, 1.807) is 0 Å². The molecule has 124 valence electrons. The molecule has 0 aliphatic carbocycles. The van der Waals surface area contributed by atoms with Crippen molar-refractivity contribution in [2.75, 3.05) is 11.9 Å². The van der Waals surface area contributed by atoms with Crippen LogP contribution in [0.2, 0.25) is 0 Å². The first-order chi connectivity index (χ1) is 10.9. The fourth-order valence-corrected chi connectivity index (χ4v) is 2.87. The summed E-state index contributed by atoms with van der Waals surface area (Å²) < 4.78 is 5.73. The van der Waals surface area contributed by atoms with Crippen LogP contribution in [-0.2, 0) is 11.3 Å². The second-order valence-electron chi connectivity index (χ2n) is 5.87. The van der Waals surface area contributed by atoms with Gasteiger partial charge in [0.25, 0.3) is 0 Å². The van der Waals surface area contributed by atoms with Crippen LogP contribution in [0.25, 0.3) is 6.08 Å². The Bertz CT molecular complexity index is 372. The van der Waals surface area contributed by atoms with Crippen LogP contribution >= 0.6 is 15.9 Å². The van der Waals surface area contributed by atoms with E-state index in [1.807, 2.05) is 6.08 Å². The highest BCUT2D eigenvalue weighted by Gasteiger charge is 1.95. The molecular formula is C20H31BrO. The largest absolute Gasteiger partial charge is 0.377 e. The van der Waals surface area contributed by atoms with E-state index in [1.165, 1.54) is 63.4 Å². The zero-order chi connectivity index (χ0) is 15.9. The number of benzene rings is 1. The standard InChI is InChI=1S/C20H31BrO/c1-2-19-12-14-20(15-13-19)18-22-17-11-9-7-5-3-4-6-8-10-16-21/h2,12-15H,1,3-11,16-18H2. The Balaban J connectivity index is 1.86. The van der Waals surface area contributed by atoms with Gasteiger partial charge in [0.05, 0.1) is 6.61 Å². The number of hydrogen-bond acceptors (Lipinski definition) is 1. The molecule has 0 N–H and O–H groups in total. The molecule has 0 spiro atoms. The van der Waals surface area contributed by atoms with Gasteiger partial charge in [-0.25, -0.2) is 0 Å². The summed E-state index contributed by atoms with van der Waals surface area (Å²) in [7, 11) is 0. The molecule has 1 rings (SSSR count). The minimum Gasteiger partial charge on any atom is -0.377 e. The smallest absolute Gasteiger partial charge is 0.0716 e. The second kappa shape index (κ2) is 14.0. The highest BCUT2D eigenvalue weighted by Crippen LogP contribution is 2.11. The van der Waals surface area contributed by atoms with Crippen LogP contribution in [0.1, 0.15) is 68.9 Å². The van der Waals surface area contributed by atoms with E-state index in [4.69, 9.17) is 4.74 Å². The molecular weight excluding hydrogens is 336 g/mol. The van der Waals surface area contributed by atoms with E-state index in [-0.39, 0.29) is 0 Å². The van der Waals surface area contributed by atoms with Crippen molar-refractivity contribution in [1.82, 2.24) is 0 Å². The van der Waals surface area contributed by atoms with Crippen LogP contribution in [0.15, 0.2) is 30.8 Å². The van der Waals surface area contributed by atoms with Gasteiger partial charge in [0, 0.05) is 11.9 Å². The molecule has 0 atom stereocenters. The third-order valence-electron chi connectivity index (χ3n) is 3.91. The SMILES string of the molecule is C=Cc1ccc(COCCCCCCCCCCCBr)cc1. The Morgan fingerprint density at radius 1 is 0.818 bits per heavy atom. The molecule has 0 unspecified atom stereocenters. The van der Waals surface area contributed by atoms with Crippen molar-refractivity contribution >= 4 is 22.0 Å². The molecule has 0 amide bonds. The molecule has 0 aromatic heterocycles. The van der Waals surface area contributed by atoms with Crippen LogP contribution in [0.5, 0.6) is 0 Å². The van der Waals surface area contributed by atoms with Gasteiger partial charge >= 0.3 is 0 Å². The van der Waals surface area contributed by atoms with E-state index >= 15 is 0 Å². The zero-order valence-electron chi connectivity index (χ0n) is 13.9. The van der Waals surface area contributed by atoms with Gasteiger partial charge in [-0.15, -0.1) is 0 Å². The monoisotopic (exact) mass is 366 g/mol. The minimum atomic E-state index is 0.727.